The molecule has 3 aliphatic carbocycles. The van der Waals surface area contributed by atoms with Gasteiger partial charge in [0.15, 0.2) is 6.20 Å². The monoisotopic (exact) mass is 514 g/mol. The second-order valence-corrected chi connectivity index (χ2v) is 11.8. The highest BCUT2D eigenvalue weighted by Crippen LogP contribution is 2.56. The van der Waals surface area contributed by atoms with E-state index in [0.717, 1.165) is 0 Å². The molecule has 0 fully saturated rings. The number of aryl methyl sites for hydroxylation is 3. The summed E-state index contributed by atoms with van der Waals surface area (Å²) in [5.41, 5.74) is 18.0. The number of nitrogens with zero attached hydrogens (tertiary/aromatic N) is 1. The van der Waals surface area contributed by atoms with Crippen molar-refractivity contribution in [1.82, 2.24) is 0 Å². The topological polar surface area (TPSA) is 3.88 Å². The van der Waals surface area contributed by atoms with Crippen molar-refractivity contribution in [1.29, 1.82) is 0 Å². The van der Waals surface area contributed by atoms with E-state index >= 15 is 0 Å². The van der Waals surface area contributed by atoms with Gasteiger partial charge in [0.25, 0.3) is 0 Å². The zero-order valence-corrected chi connectivity index (χ0v) is 23.5. The minimum absolute atomic E-state index is 0.297. The van der Waals surface area contributed by atoms with Gasteiger partial charge in [-0.2, -0.15) is 0 Å². The zero-order chi connectivity index (χ0) is 27.1. The maximum Gasteiger partial charge on any atom is 0.220 e. The summed E-state index contributed by atoms with van der Waals surface area (Å²) in [5, 5.41) is 2.57. The normalized spacial score (nSPS) is 16.5. The standard InChI is InChI=1S/C39H32N/c1-23-19-24(2)25(3)35(20-23)39-29-15-13-26(21-28(29)17-18-40(39)4)27-14-16-34-36(22-27)38-32-11-7-5-9-30(32)37(34)31-10-6-8-12-33(31)38/h5-22,37-38H,1-4H3/q+1. The quantitative estimate of drug-likeness (QED) is 0.203. The highest BCUT2D eigenvalue weighted by Gasteiger charge is 2.40. The Kier molecular flexibility index (Phi) is 4.97. The average Bonchev–Trinajstić information content (AvgIpc) is 2.98. The Hall–Kier alpha value is -4.49. The first-order chi connectivity index (χ1) is 19.5. The summed E-state index contributed by atoms with van der Waals surface area (Å²) in [7, 11) is 2.16. The van der Waals surface area contributed by atoms with Crippen molar-refractivity contribution in [2.24, 2.45) is 7.05 Å². The molecule has 1 aromatic heterocycles. The van der Waals surface area contributed by atoms with E-state index in [4.69, 9.17) is 0 Å². The zero-order valence-electron chi connectivity index (χ0n) is 23.5. The van der Waals surface area contributed by atoms with E-state index in [-0.39, 0.29) is 0 Å². The lowest BCUT2D eigenvalue weighted by Gasteiger charge is -2.42. The Labute approximate surface area is 236 Å². The van der Waals surface area contributed by atoms with Crippen LogP contribution in [0.15, 0.2) is 109 Å². The third-order valence-electron chi connectivity index (χ3n) is 9.48. The van der Waals surface area contributed by atoms with Crippen molar-refractivity contribution in [2.75, 3.05) is 0 Å². The van der Waals surface area contributed by atoms with E-state index in [2.05, 4.69) is 142 Å². The Bertz CT molecular complexity index is 1960. The maximum atomic E-state index is 2.47. The Balaban J connectivity index is 1.28. The van der Waals surface area contributed by atoms with Crippen molar-refractivity contribution in [3.05, 3.63) is 159 Å². The average molecular weight is 515 g/mol. The summed E-state index contributed by atoms with van der Waals surface area (Å²) in [6.07, 6.45) is 2.21. The van der Waals surface area contributed by atoms with Gasteiger partial charge in [-0.3, -0.25) is 0 Å². The Morgan fingerprint density at radius 1 is 0.550 bits per heavy atom. The summed E-state index contributed by atoms with van der Waals surface area (Å²) in [5.74, 6) is 0.618. The molecule has 3 aliphatic rings. The highest BCUT2D eigenvalue weighted by molar-refractivity contribution is 5.96. The summed E-state index contributed by atoms with van der Waals surface area (Å²) in [6.45, 7) is 6.65. The molecule has 0 N–H and O–H groups in total. The van der Waals surface area contributed by atoms with Gasteiger partial charge >= 0.3 is 0 Å². The number of hydrogen-bond donors (Lipinski definition) is 0. The molecule has 1 nitrogen and oxygen atoms in total. The van der Waals surface area contributed by atoms with Crippen LogP contribution in [0.5, 0.6) is 0 Å². The first-order valence-electron chi connectivity index (χ1n) is 14.3. The lowest BCUT2D eigenvalue weighted by molar-refractivity contribution is -0.659. The molecule has 0 amide bonds. The van der Waals surface area contributed by atoms with Gasteiger partial charge in [0.05, 0.1) is 10.9 Å². The van der Waals surface area contributed by atoms with E-state index in [1.807, 2.05) is 0 Å². The molecule has 6 aromatic rings. The molecular formula is C39H32N+. The van der Waals surface area contributed by atoms with Crippen LogP contribution >= 0.6 is 0 Å². The smallest absolute Gasteiger partial charge is 0.200 e. The van der Waals surface area contributed by atoms with Crippen molar-refractivity contribution in [3.63, 3.8) is 0 Å². The van der Waals surface area contributed by atoms with E-state index in [1.165, 1.54) is 83.2 Å². The van der Waals surface area contributed by atoms with Crippen molar-refractivity contribution >= 4 is 10.8 Å². The number of pyridine rings is 1. The van der Waals surface area contributed by atoms with Crippen LogP contribution in [0.3, 0.4) is 0 Å². The molecule has 0 saturated carbocycles. The number of fused-ring (bicyclic) bond motifs is 1. The largest absolute Gasteiger partial charge is 0.220 e. The Morgan fingerprint density at radius 3 is 1.80 bits per heavy atom. The fourth-order valence-electron chi connectivity index (χ4n) is 7.52. The Morgan fingerprint density at radius 2 is 1.12 bits per heavy atom. The van der Waals surface area contributed by atoms with Crippen molar-refractivity contribution in [2.45, 2.75) is 32.6 Å². The van der Waals surface area contributed by atoms with Crippen molar-refractivity contribution in [3.8, 4) is 22.4 Å². The highest BCUT2D eigenvalue weighted by atomic mass is 14.9. The van der Waals surface area contributed by atoms with Gasteiger partial charge in [0, 0.05) is 17.9 Å². The third kappa shape index (κ3) is 3.24. The number of aromatic nitrogens is 1. The summed E-state index contributed by atoms with van der Waals surface area (Å²) in [6, 6.07) is 39.2. The summed E-state index contributed by atoms with van der Waals surface area (Å²) in [4.78, 5) is 0. The van der Waals surface area contributed by atoms with Gasteiger partial charge in [-0.05, 0) is 106 Å². The lowest BCUT2D eigenvalue weighted by Crippen LogP contribution is -2.30. The SMILES string of the molecule is Cc1cc(C)c(C)c(-c2c3ccc(-c4ccc5c(c4)C4c6ccccc6C5c5ccccc54)cc3cc[n+]2C)c1. The van der Waals surface area contributed by atoms with Crippen LogP contribution in [0.4, 0.5) is 0 Å². The van der Waals surface area contributed by atoms with E-state index in [9.17, 15) is 0 Å². The predicted molar refractivity (Wildman–Crippen MR) is 165 cm³/mol. The fourth-order valence-corrected chi connectivity index (χ4v) is 7.52. The van der Waals surface area contributed by atoms with Crippen LogP contribution in [-0.2, 0) is 7.05 Å². The molecular weight excluding hydrogens is 482 g/mol. The molecule has 1 heteroatoms. The first kappa shape index (κ1) is 23.4. The molecule has 1 heterocycles. The molecule has 2 bridgehead atoms. The lowest BCUT2D eigenvalue weighted by atomic mass is 9.61. The van der Waals surface area contributed by atoms with Gasteiger partial charge in [-0.1, -0.05) is 78.4 Å². The number of hydrogen-bond acceptors (Lipinski definition) is 0. The van der Waals surface area contributed by atoms with E-state index in [0.29, 0.717) is 11.8 Å². The molecule has 0 saturated heterocycles. The molecule has 5 aromatic carbocycles. The second-order valence-electron chi connectivity index (χ2n) is 11.8. The summed E-state index contributed by atoms with van der Waals surface area (Å²) >= 11 is 0. The third-order valence-corrected chi connectivity index (χ3v) is 9.48. The van der Waals surface area contributed by atoms with Crippen LogP contribution in [0.25, 0.3) is 33.2 Å². The van der Waals surface area contributed by atoms with E-state index in [1.54, 1.807) is 0 Å². The van der Waals surface area contributed by atoms with Gasteiger partial charge < -0.3 is 0 Å². The van der Waals surface area contributed by atoms with Gasteiger partial charge in [0.2, 0.25) is 5.69 Å². The molecule has 0 aliphatic heterocycles. The number of benzene rings is 5. The summed E-state index contributed by atoms with van der Waals surface area (Å²) < 4.78 is 2.27. The molecule has 0 atom stereocenters. The molecule has 0 spiro atoms. The molecule has 40 heavy (non-hydrogen) atoms. The van der Waals surface area contributed by atoms with Crippen LogP contribution in [0, 0.1) is 20.8 Å². The van der Waals surface area contributed by atoms with Crippen LogP contribution in [-0.4, -0.2) is 0 Å². The molecule has 0 radical (unpaired) electrons. The van der Waals surface area contributed by atoms with Crippen LogP contribution in [0.1, 0.15) is 61.9 Å². The van der Waals surface area contributed by atoms with Gasteiger partial charge in [-0.15, -0.1) is 0 Å². The van der Waals surface area contributed by atoms with E-state index < -0.39 is 0 Å². The minimum atomic E-state index is 0.297. The fraction of sp³-hybridized carbons (Fsp3) is 0.154. The second kappa shape index (κ2) is 8.50. The van der Waals surface area contributed by atoms with Crippen LogP contribution < -0.4 is 4.57 Å². The molecule has 9 rings (SSSR count). The van der Waals surface area contributed by atoms with Crippen LogP contribution in [0.2, 0.25) is 0 Å². The first-order valence-corrected chi connectivity index (χ1v) is 14.3. The van der Waals surface area contributed by atoms with Crippen molar-refractivity contribution < 1.29 is 4.57 Å². The molecule has 192 valence electrons. The predicted octanol–water partition coefficient (Wildman–Crippen LogP) is 8.91. The van der Waals surface area contributed by atoms with Gasteiger partial charge in [0.1, 0.15) is 7.05 Å². The number of rotatable bonds is 2. The minimum Gasteiger partial charge on any atom is -0.200 e. The maximum absolute atomic E-state index is 2.47. The molecule has 0 unspecified atom stereocenters. The van der Waals surface area contributed by atoms with Gasteiger partial charge in [-0.25, -0.2) is 4.57 Å².